The fourth-order valence-electron chi connectivity index (χ4n) is 2.40. The summed E-state index contributed by atoms with van der Waals surface area (Å²) in [5, 5.41) is 15.6. The van der Waals surface area contributed by atoms with Crippen LogP contribution in [0.2, 0.25) is 10.0 Å². The summed E-state index contributed by atoms with van der Waals surface area (Å²) in [5.74, 6) is -0.389. The van der Waals surface area contributed by atoms with Gasteiger partial charge in [-0.15, -0.1) is 0 Å². The maximum Gasteiger partial charge on any atom is 0.289 e. The molecule has 1 amide bonds. The van der Waals surface area contributed by atoms with Gasteiger partial charge in [-0.3, -0.25) is 14.9 Å². The first kappa shape index (κ1) is 16.2. The van der Waals surface area contributed by atoms with E-state index in [9.17, 15) is 14.9 Å². The highest BCUT2D eigenvalue weighted by molar-refractivity contribution is 6.36. The van der Waals surface area contributed by atoms with E-state index in [1.807, 2.05) is 6.07 Å². The van der Waals surface area contributed by atoms with Crippen LogP contribution in [0.5, 0.6) is 0 Å². The highest BCUT2D eigenvalue weighted by Gasteiger charge is 2.16. The summed E-state index contributed by atoms with van der Waals surface area (Å²) in [4.78, 5) is 22.9. The minimum absolute atomic E-state index is 0.00921. The summed E-state index contributed by atoms with van der Waals surface area (Å²) in [6.07, 6.45) is 0. The number of fused-ring (bicyclic) bond motifs is 1. The molecule has 0 aromatic heterocycles. The third-order valence-corrected chi connectivity index (χ3v) is 4.16. The normalized spacial score (nSPS) is 10.6. The van der Waals surface area contributed by atoms with Crippen molar-refractivity contribution < 1.29 is 9.72 Å². The second-order valence-corrected chi connectivity index (χ2v) is 5.83. The van der Waals surface area contributed by atoms with E-state index in [0.29, 0.717) is 16.0 Å². The lowest BCUT2D eigenvalue weighted by Gasteiger charge is -2.09. The van der Waals surface area contributed by atoms with Crippen LogP contribution < -0.4 is 5.32 Å². The first-order chi connectivity index (χ1) is 11.5. The standard InChI is InChI=1S/C17H10Cl2N2O3/c18-14-6-2-3-11-12(14)4-1-5-13(11)17(22)20-10-7-8-15(19)16(9-10)21(23)24/h1-9H,(H,20,22). The number of amides is 1. The summed E-state index contributed by atoms with van der Waals surface area (Å²) in [7, 11) is 0. The molecular weight excluding hydrogens is 351 g/mol. The van der Waals surface area contributed by atoms with Gasteiger partial charge in [-0.2, -0.15) is 0 Å². The molecule has 24 heavy (non-hydrogen) atoms. The second kappa shape index (κ2) is 6.47. The van der Waals surface area contributed by atoms with Crippen LogP contribution in [0.4, 0.5) is 11.4 Å². The Balaban J connectivity index is 1.98. The average molecular weight is 361 g/mol. The number of carbonyl (C=O) groups excluding carboxylic acids is 1. The number of benzene rings is 3. The molecule has 0 aliphatic rings. The molecule has 3 rings (SSSR count). The van der Waals surface area contributed by atoms with Crippen molar-refractivity contribution in [2.24, 2.45) is 0 Å². The molecule has 120 valence electrons. The number of anilines is 1. The zero-order valence-corrected chi connectivity index (χ0v) is 13.6. The molecule has 1 N–H and O–H groups in total. The third kappa shape index (κ3) is 3.04. The van der Waals surface area contributed by atoms with Crippen LogP contribution in [0, 0.1) is 10.1 Å². The monoisotopic (exact) mass is 360 g/mol. The summed E-state index contributed by atoms with van der Waals surface area (Å²) in [6.45, 7) is 0. The minimum atomic E-state index is -0.602. The molecule has 0 bridgehead atoms. The smallest absolute Gasteiger partial charge is 0.289 e. The van der Waals surface area contributed by atoms with Gasteiger partial charge in [-0.25, -0.2) is 0 Å². The van der Waals surface area contributed by atoms with Crippen molar-refractivity contribution in [2.75, 3.05) is 5.32 Å². The Morgan fingerprint density at radius 1 is 0.958 bits per heavy atom. The number of nitro benzene ring substituents is 1. The minimum Gasteiger partial charge on any atom is -0.322 e. The molecule has 0 saturated heterocycles. The number of halogens is 2. The van der Waals surface area contributed by atoms with Crippen LogP contribution in [0.25, 0.3) is 10.8 Å². The predicted molar refractivity (Wildman–Crippen MR) is 95.0 cm³/mol. The molecule has 0 aliphatic carbocycles. The van der Waals surface area contributed by atoms with Crippen molar-refractivity contribution in [2.45, 2.75) is 0 Å². The third-order valence-electron chi connectivity index (χ3n) is 3.51. The lowest BCUT2D eigenvalue weighted by molar-refractivity contribution is -0.384. The van der Waals surface area contributed by atoms with Gasteiger partial charge in [0.05, 0.1) is 4.92 Å². The van der Waals surface area contributed by atoms with Crippen molar-refractivity contribution >= 4 is 51.3 Å². The molecule has 3 aromatic carbocycles. The summed E-state index contributed by atoms with van der Waals surface area (Å²) < 4.78 is 0. The van der Waals surface area contributed by atoms with Gasteiger partial charge in [0.25, 0.3) is 11.6 Å². The quantitative estimate of drug-likeness (QED) is 0.508. The Labute approximate surface area is 147 Å². The molecule has 0 unspecified atom stereocenters. The highest BCUT2D eigenvalue weighted by atomic mass is 35.5. The van der Waals surface area contributed by atoms with Crippen LogP contribution in [0.1, 0.15) is 10.4 Å². The van der Waals surface area contributed by atoms with Gasteiger partial charge in [0.15, 0.2) is 0 Å². The number of hydrogen-bond donors (Lipinski definition) is 1. The lowest BCUT2D eigenvalue weighted by Crippen LogP contribution is -2.12. The van der Waals surface area contributed by atoms with Crippen LogP contribution >= 0.6 is 23.2 Å². The number of nitro groups is 1. The SMILES string of the molecule is O=C(Nc1ccc(Cl)c([N+](=O)[O-])c1)c1cccc2c(Cl)cccc12. The Morgan fingerprint density at radius 3 is 2.42 bits per heavy atom. The molecule has 0 spiro atoms. The molecule has 0 atom stereocenters. The molecule has 5 nitrogen and oxygen atoms in total. The zero-order chi connectivity index (χ0) is 17.3. The Kier molecular flexibility index (Phi) is 4.38. The number of nitrogens with one attached hydrogen (secondary N) is 1. The first-order valence-electron chi connectivity index (χ1n) is 6.90. The van der Waals surface area contributed by atoms with E-state index < -0.39 is 4.92 Å². The molecule has 0 fully saturated rings. The average Bonchev–Trinajstić information content (AvgIpc) is 2.56. The van der Waals surface area contributed by atoms with Crippen molar-refractivity contribution in [1.29, 1.82) is 0 Å². The lowest BCUT2D eigenvalue weighted by atomic mass is 10.0. The van der Waals surface area contributed by atoms with Gasteiger partial charge >= 0.3 is 0 Å². The molecule has 7 heteroatoms. The van der Waals surface area contributed by atoms with E-state index in [-0.39, 0.29) is 22.3 Å². The summed E-state index contributed by atoms with van der Waals surface area (Å²) in [5.41, 5.74) is 0.443. The number of nitrogens with zero attached hydrogens (tertiary/aromatic N) is 1. The summed E-state index contributed by atoms with van der Waals surface area (Å²) in [6, 6.07) is 14.6. The van der Waals surface area contributed by atoms with Gasteiger partial charge in [0.2, 0.25) is 0 Å². The van der Waals surface area contributed by atoms with Crippen LogP contribution in [-0.4, -0.2) is 10.8 Å². The van der Waals surface area contributed by atoms with E-state index in [4.69, 9.17) is 23.2 Å². The number of carbonyl (C=O) groups is 1. The van der Waals surface area contributed by atoms with E-state index in [2.05, 4.69) is 5.32 Å². The number of rotatable bonds is 3. The maximum atomic E-state index is 12.5. The van der Waals surface area contributed by atoms with E-state index in [1.54, 1.807) is 30.3 Å². The number of hydrogen-bond acceptors (Lipinski definition) is 3. The molecule has 0 radical (unpaired) electrons. The Morgan fingerprint density at radius 2 is 1.67 bits per heavy atom. The van der Waals surface area contributed by atoms with Crippen LogP contribution in [-0.2, 0) is 0 Å². The fourth-order valence-corrected chi connectivity index (χ4v) is 2.82. The first-order valence-corrected chi connectivity index (χ1v) is 7.65. The van der Waals surface area contributed by atoms with Crippen molar-refractivity contribution in [3.63, 3.8) is 0 Å². The molecule has 3 aromatic rings. The van der Waals surface area contributed by atoms with Crippen LogP contribution in [0.3, 0.4) is 0 Å². The van der Waals surface area contributed by atoms with E-state index in [1.165, 1.54) is 18.2 Å². The van der Waals surface area contributed by atoms with Crippen molar-refractivity contribution in [1.82, 2.24) is 0 Å². The van der Waals surface area contributed by atoms with Gasteiger partial charge in [-0.05, 0) is 29.7 Å². The van der Waals surface area contributed by atoms with Gasteiger partial charge in [-0.1, -0.05) is 47.5 Å². The van der Waals surface area contributed by atoms with Crippen molar-refractivity contribution in [3.8, 4) is 0 Å². The topological polar surface area (TPSA) is 72.2 Å². The molecule has 0 heterocycles. The second-order valence-electron chi connectivity index (χ2n) is 5.02. The largest absolute Gasteiger partial charge is 0.322 e. The van der Waals surface area contributed by atoms with Crippen LogP contribution in [0.15, 0.2) is 54.6 Å². The van der Waals surface area contributed by atoms with E-state index >= 15 is 0 Å². The van der Waals surface area contributed by atoms with Crippen molar-refractivity contribution in [3.05, 3.63) is 80.3 Å². The zero-order valence-electron chi connectivity index (χ0n) is 12.1. The predicted octanol–water partition coefficient (Wildman–Crippen LogP) is 5.31. The van der Waals surface area contributed by atoms with Gasteiger partial charge < -0.3 is 5.32 Å². The highest BCUT2D eigenvalue weighted by Crippen LogP contribution is 2.29. The van der Waals surface area contributed by atoms with Gasteiger partial charge in [0.1, 0.15) is 5.02 Å². The van der Waals surface area contributed by atoms with Gasteiger partial charge in [0, 0.05) is 27.7 Å². The van der Waals surface area contributed by atoms with E-state index in [0.717, 1.165) is 5.39 Å². The Bertz CT molecular complexity index is 973. The fraction of sp³-hybridized carbons (Fsp3) is 0. The molecule has 0 aliphatic heterocycles. The Hall–Kier alpha value is -2.63. The summed E-state index contributed by atoms with van der Waals surface area (Å²) >= 11 is 11.9. The molecular formula is C17H10Cl2N2O3. The maximum absolute atomic E-state index is 12.5. The molecule has 0 saturated carbocycles.